The summed E-state index contributed by atoms with van der Waals surface area (Å²) in [6, 6.07) is 8.24. The van der Waals surface area contributed by atoms with E-state index in [1.165, 1.54) is 17.2 Å². The number of hydrogen-bond acceptors (Lipinski definition) is 5. The van der Waals surface area contributed by atoms with Crippen LogP contribution in [0, 0.1) is 5.41 Å². The van der Waals surface area contributed by atoms with Crippen LogP contribution in [-0.4, -0.2) is 46.4 Å². The molecule has 3 atom stereocenters. The molecule has 11 heteroatoms. The van der Waals surface area contributed by atoms with Gasteiger partial charge in [0.05, 0.1) is 33.8 Å². The van der Waals surface area contributed by atoms with E-state index < -0.39 is 11.4 Å². The van der Waals surface area contributed by atoms with Crippen molar-refractivity contribution in [3.63, 3.8) is 0 Å². The van der Waals surface area contributed by atoms with Crippen molar-refractivity contribution in [2.45, 2.75) is 50.8 Å². The highest BCUT2D eigenvalue weighted by Gasteiger charge is 2.43. The summed E-state index contributed by atoms with van der Waals surface area (Å²) >= 11 is 12.5. The topological polar surface area (TPSA) is 107 Å². The lowest BCUT2D eigenvalue weighted by Gasteiger charge is -2.45. The van der Waals surface area contributed by atoms with Crippen molar-refractivity contribution in [2.24, 2.45) is 0 Å². The van der Waals surface area contributed by atoms with Gasteiger partial charge in [0, 0.05) is 18.8 Å². The summed E-state index contributed by atoms with van der Waals surface area (Å²) in [7, 11) is 0. The molecule has 0 aliphatic carbocycles. The van der Waals surface area contributed by atoms with Gasteiger partial charge in [-0.25, -0.2) is 4.98 Å². The van der Waals surface area contributed by atoms with Gasteiger partial charge in [0.15, 0.2) is 5.96 Å². The van der Waals surface area contributed by atoms with E-state index in [0.29, 0.717) is 40.7 Å². The van der Waals surface area contributed by atoms with Gasteiger partial charge < -0.3 is 15.4 Å². The van der Waals surface area contributed by atoms with E-state index in [1.54, 1.807) is 24.3 Å². The Balaban J connectivity index is 0.00000324. The number of nitrogens with zero attached hydrogens (tertiary/aromatic N) is 2. The van der Waals surface area contributed by atoms with Gasteiger partial charge in [-0.2, -0.15) is 0 Å². The third-order valence-corrected chi connectivity index (χ3v) is 6.66. The molecule has 0 spiro atoms. The molecule has 0 radical (unpaired) electrons. The maximum atomic E-state index is 13.2. The number of aromatic nitrogens is 1. The summed E-state index contributed by atoms with van der Waals surface area (Å²) in [6.07, 6.45) is 2.94. The highest BCUT2D eigenvalue weighted by Crippen LogP contribution is 2.38. The molecule has 3 heterocycles. The van der Waals surface area contributed by atoms with E-state index in [9.17, 15) is 9.59 Å². The third-order valence-electron chi connectivity index (χ3n) is 6.03. The summed E-state index contributed by atoms with van der Waals surface area (Å²) in [5.41, 5.74) is 0.293. The monoisotopic (exact) mass is 525 g/mol. The van der Waals surface area contributed by atoms with E-state index in [2.05, 4.69) is 15.6 Å². The van der Waals surface area contributed by atoms with Crippen molar-refractivity contribution in [3.05, 3.63) is 57.8 Å². The van der Waals surface area contributed by atoms with Crippen molar-refractivity contribution in [3.8, 4) is 0 Å². The van der Waals surface area contributed by atoms with Crippen LogP contribution in [0.1, 0.15) is 49.2 Å². The molecule has 2 fully saturated rings. The zero-order chi connectivity index (χ0) is 23.8. The SMILES string of the molecule is C[C@@H]1C[C@H](N2C(=N)N[C@](C)(c3cccc(NC(=O)c4ccc(Cl)cn4)c3Cl)CC2=O)CCO1.Cl. The zero-order valence-electron chi connectivity index (χ0n) is 18.7. The molecule has 0 bridgehead atoms. The summed E-state index contributed by atoms with van der Waals surface area (Å²) in [6.45, 7) is 4.37. The fourth-order valence-electron chi connectivity index (χ4n) is 4.39. The first-order chi connectivity index (χ1) is 15.7. The van der Waals surface area contributed by atoms with E-state index in [-0.39, 0.29) is 48.5 Å². The number of carbonyl (C=O) groups excluding carboxylic acids is 2. The van der Waals surface area contributed by atoms with Crippen LogP contribution in [0.15, 0.2) is 36.5 Å². The Bertz CT molecular complexity index is 1080. The second-order valence-corrected chi connectivity index (χ2v) is 9.40. The van der Waals surface area contributed by atoms with Crippen LogP contribution in [0.25, 0.3) is 0 Å². The van der Waals surface area contributed by atoms with Gasteiger partial charge in [0.1, 0.15) is 5.69 Å². The molecule has 3 N–H and O–H groups in total. The van der Waals surface area contributed by atoms with Crippen molar-refractivity contribution in [1.29, 1.82) is 5.41 Å². The number of carbonyl (C=O) groups is 2. The molecule has 4 rings (SSSR count). The van der Waals surface area contributed by atoms with Crippen LogP contribution in [0.4, 0.5) is 5.69 Å². The summed E-state index contributed by atoms with van der Waals surface area (Å²) in [5, 5.41) is 15.2. The molecule has 2 aliphatic heterocycles. The van der Waals surface area contributed by atoms with Crippen LogP contribution in [-0.2, 0) is 15.1 Å². The van der Waals surface area contributed by atoms with Crippen molar-refractivity contribution < 1.29 is 14.3 Å². The van der Waals surface area contributed by atoms with Gasteiger partial charge in [0.25, 0.3) is 5.91 Å². The zero-order valence-corrected chi connectivity index (χ0v) is 21.1. The Morgan fingerprint density at radius 3 is 2.74 bits per heavy atom. The van der Waals surface area contributed by atoms with Crippen molar-refractivity contribution in [2.75, 3.05) is 11.9 Å². The van der Waals surface area contributed by atoms with E-state index in [4.69, 9.17) is 33.3 Å². The van der Waals surface area contributed by atoms with Crippen molar-refractivity contribution >= 4 is 59.1 Å². The first-order valence-electron chi connectivity index (χ1n) is 10.7. The second-order valence-electron chi connectivity index (χ2n) is 8.59. The fourth-order valence-corrected chi connectivity index (χ4v) is 4.88. The molecule has 0 unspecified atom stereocenters. The molecule has 1 aromatic heterocycles. The molecule has 2 aliphatic rings. The number of pyridine rings is 1. The predicted octanol–water partition coefficient (Wildman–Crippen LogP) is 4.60. The lowest BCUT2D eigenvalue weighted by Crippen LogP contribution is -2.63. The maximum absolute atomic E-state index is 13.2. The third kappa shape index (κ3) is 5.30. The molecule has 2 saturated heterocycles. The number of rotatable bonds is 4. The average molecular weight is 527 g/mol. The average Bonchev–Trinajstić information content (AvgIpc) is 2.75. The molecule has 1 aromatic carbocycles. The van der Waals surface area contributed by atoms with Gasteiger partial charge in [-0.15, -0.1) is 12.4 Å². The van der Waals surface area contributed by atoms with Crippen LogP contribution in [0.2, 0.25) is 10.0 Å². The quantitative estimate of drug-likeness (QED) is 0.540. The Labute approximate surface area is 214 Å². The smallest absolute Gasteiger partial charge is 0.274 e. The normalized spacial score (nSPS) is 24.8. The number of guanidine groups is 1. The molecule has 2 amide bonds. The fraction of sp³-hybridized carbons (Fsp3) is 0.391. The number of benzene rings is 1. The van der Waals surface area contributed by atoms with Crippen LogP contribution < -0.4 is 10.6 Å². The Kier molecular flexibility index (Phi) is 8.08. The van der Waals surface area contributed by atoms with E-state index in [0.717, 1.165) is 0 Å². The number of halogens is 3. The van der Waals surface area contributed by atoms with Crippen LogP contribution >= 0.6 is 35.6 Å². The highest BCUT2D eigenvalue weighted by molar-refractivity contribution is 6.35. The van der Waals surface area contributed by atoms with Crippen molar-refractivity contribution in [1.82, 2.24) is 15.2 Å². The minimum atomic E-state index is -0.905. The first-order valence-corrected chi connectivity index (χ1v) is 11.5. The highest BCUT2D eigenvalue weighted by atomic mass is 35.5. The Morgan fingerprint density at radius 2 is 2.09 bits per heavy atom. The summed E-state index contributed by atoms with van der Waals surface area (Å²) in [5.74, 6) is -0.531. The van der Waals surface area contributed by atoms with Gasteiger partial charge in [-0.1, -0.05) is 35.3 Å². The van der Waals surface area contributed by atoms with Gasteiger partial charge in [0.2, 0.25) is 5.91 Å². The lowest BCUT2D eigenvalue weighted by molar-refractivity contribution is -0.134. The molecule has 8 nitrogen and oxygen atoms in total. The minimum Gasteiger partial charge on any atom is -0.378 e. The molecule has 0 saturated carbocycles. The number of amides is 2. The van der Waals surface area contributed by atoms with Crippen LogP contribution in [0.5, 0.6) is 0 Å². The summed E-state index contributed by atoms with van der Waals surface area (Å²) in [4.78, 5) is 31.3. The molecule has 2 aromatic rings. The largest absolute Gasteiger partial charge is 0.378 e. The van der Waals surface area contributed by atoms with Crippen LogP contribution in [0.3, 0.4) is 0 Å². The first kappa shape index (κ1) is 26.2. The molecular weight excluding hydrogens is 501 g/mol. The Morgan fingerprint density at radius 1 is 1.32 bits per heavy atom. The Hall–Kier alpha value is -2.39. The van der Waals surface area contributed by atoms with E-state index >= 15 is 0 Å². The predicted molar refractivity (Wildman–Crippen MR) is 134 cm³/mol. The molecule has 182 valence electrons. The number of hydrogen-bond donors (Lipinski definition) is 3. The lowest BCUT2D eigenvalue weighted by atomic mass is 9.85. The number of nitrogens with one attached hydrogen (secondary N) is 3. The van der Waals surface area contributed by atoms with Gasteiger partial charge in [-0.05, 0) is 50.5 Å². The van der Waals surface area contributed by atoms with E-state index in [1.807, 2.05) is 13.8 Å². The number of anilines is 1. The standard InChI is InChI=1S/C23H25Cl2N5O3.ClH/c1-13-10-15(8-9-33-13)30-19(31)11-23(2,29-22(30)26)16-4-3-5-17(20(16)25)28-21(32)18-7-6-14(24)12-27-18;/h3-7,12-13,15H,8-11H2,1-2H3,(H2,26,29)(H,28,32);1H/t13-,15-,23+;/m1./s1. The number of ether oxygens (including phenoxy) is 1. The minimum absolute atomic E-state index is 0. The van der Waals surface area contributed by atoms with Gasteiger partial charge in [-0.3, -0.25) is 19.9 Å². The molecule has 34 heavy (non-hydrogen) atoms. The summed E-state index contributed by atoms with van der Waals surface area (Å²) < 4.78 is 5.59. The maximum Gasteiger partial charge on any atom is 0.274 e. The van der Waals surface area contributed by atoms with Gasteiger partial charge >= 0.3 is 0 Å². The second kappa shape index (κ2) is 10.5. The molecular formula is C23H26Cl3N5O3.